The van der Waals surface area contributed by atoms with Crippen molar-refractivity contribution in [3.05, 3.63) is 39.9 Å². The summed E-state index contributed by atoms with van der Waals surface area (Å²) in [7, 11) is 0. The van der Waals surface area contributed by atoms with E-state index < -0.39 is 5.82 Å². The van der Waals surface area contributed by atoms with Gasteiger partial charge in [0.15, 0.2) is 11.6 Å². The highest BCUT2D eigenvalue weighted by molar-refractivity contribution is 9.10. The summed E-state index contributed by atoms with van der Waals surface area (Å²) < 4.78 is 23.8. The Bertz CT molecular complexity index is 501. The van der Waals surface area contributed by atoms with Crippen LogP contribution in [0.5, 0.6) is 5.75 Å². The molecule has 0 aliphatic heterocycles. The van der Waals surface area contributed by atoms with E-state index in [4.69, 9.17) is 4.74 Å². The maximum atomic E-state index is 13.3. The molecule has 4 nitrogen and oxygen atoms in total. The lowest BCUT2D eigenvalue weighted by Crippen LogP contribution is -1.99. The summed E-state index contributed by atoms with van der Waals surface area (Å²) in [4.78, 5) is 0. The summed E-state index contributed by atoms with van der Waals surface area (Å²) >= 11 is 3.24. The zero-order valence-corrected chi connectivity index (χ0v) is 9.99. The minimum absolute atomic E-state index is 0.128. The van der Waals surface area contributed by atoms with Crippen molar-refractivity contribution in [2.45, 2.75) is 13.5 Å². The van der Waals surface area contributed by atoms with Gasteiger partial charge in [-0.2, -0.15) is 0 Å². The van der Waals surface area contributed by atoms with Crippen LogP contribution in [-0.4, -0.2) is 10.3 Å². The van der Waals surface area contributed by atoms with Crippen molar-refractivity contribution < 1.29 is 13.8 Å². The summed E-state index contributed by atoms with van der Waals surface area (Å²) in [5.74, 6) is -0.255. The van der Waals surface area contributed by atoms with Gasteiger partial charge in [-0.25, -0.2) is 9.02 Å². The predicted molar refractivity (Wildman–Crippen MR) is 57.5 cm³/mol. The van der Waals surface area contributed by atoms with E-state index >= 15 is 0 Å². The van der Waals surface area contributed by atoms with E-state index in [1.165, 1.54) is 6.07 Å². The lowest BCUT2D eigenvalue weighted by Gasteiger charge is -2.05. The molecule has 0 saturated heterocycles. The molecular formula is C10H8BrFN2O2. The van der Waals surface area contributed by atoms with Crippen molar-refractivity contribution in [2.24, 2.45) is 0 Å². The second kappa shape index (κ2) is 4.61. The van der Waals surface area contributed by atoms with Crippen molar-refractivity contribution in [1.29, 1.82) is 0 Å². The molecule has 0 unspecified atom stereocenters. The van der Waals surface area contributed by atoms with Gasteiger partial charge in [-0.3, -0.25) is 0 Å². The number of ether oxygens (including phenoxy) is 1. The molecule has 0 spiro atoms. The van der Waals surface area contributed by atoms with Gasteiger partial charge in [-0.1, -0.05) is 26.2 Å². The molecular weight excluding hydrogens is 279 g/mol. The summed E-state index contributed by atoms with van der Waals surface area (Å²) in [6.07, 6.45) is 0. The molecule has 1 heterocycles. The Hall–Kier alpha value is -1.43. The van der Waals surface area contributed by atoms with Crippen molar-refractivity contribution in [1.82, 2.24) is 10.3 Å². The number of rotatable bonds is 3. The standard InChI is InChI=1S/C10H8BrFN2O2/c1-6-9(14-16-13-6)5-15-10-4-7(11)2-3-8(10)12/h2-4H,5H2,1H3. The Labute approximate surface area is 99.5 Å². The summed E-state index contributed by atoms with van der Waals surface area (Å²) in [5.41, 5.74) is 1.19. The average molecular weight is 287 g/mol. The predicted octanol–water partition coefficient (Wildman–Crippen LogP) is 2.86. The van der Waals surface area contributed by atoms with Crippen LogP contribution in [0.25, 0.3) is 0 Å². The summed E-state index contributed by atoms with van der Waals surface area (Å²) in [6, 6.07) is 4.48. The number of hydrogen-bond donors (Lipinski definition) is 0. The molecule has 0 radical (unpaired) electrons. The fraction of sp³-hybridized carbons (Fsp3) is 0.200. The van der Waals surface area contributed by atoms with Crippen molar-refractivity contribution in [2.75, 3.05) is 0 Å². The molecule has 0 aliphatic rings. The summed E-state index contributed by atoms with van der Waals surface area (Å²) in [5, 5.41) is 7.24. The molecule has 0 fully saturated rings. The topological polar surface area (TPSA) is 48.2 Å². The van der Waals surface area contributed by atoms with E-state index in [1.54, 1.807) is 19.1 Å². The molecule has 0 atom stereocenters. The van der Waals surface area contributed by atoms with Crippen LogP contribution >= 0.6 is 15.9 Å². The lowest BCUT2D eigenvalue weighted by molar-refractivity contribution is 0.262. The molecule has 0 saturated carbocycles. The zero-order chi connectivity index (χ0) is 11.5. The molecule has 1 aromatic heterocycles. The smallest absolute Gasteiger partial charge is 0.165 e. The van der Waals surface area contributed by atoms with E-state index in [0.29, 0.717) is 11.4 Å². The van der Waals surface area contributed by atoms with Gasteiger partial charge in [-0.05, 0) is 25.1 Å². The van der Waals surface area contributed by atoms with E-state index in [1.807, 2.05) is 0 Å². The number of aryl methyl sites for hydroxylation is 1. The van der Waals surface area contributed by atoms with Gasteiger partial charge in [0.05, 0.1) is 0 Å². The molecule has 0 N–H and O–H groups in total. The van der Waals surface area contributed by atoms with Crippen LogP contribution in [0.15, 0.2) is 27.3 Å². The van der Waals surface area contributed by atoms with Gasteiger partial charge < -0.3 is 4.74 Å². The fourth-order valence-corrected chi connectivity index (χ4v) is 1.45. The van der Waals surface area contributed by atoms with E-state index in [-0.39, 0.29) is 12.4 Å². The molecule has 6 heteroatoms. The van der Waals surface area contributed by atoms with Crippen molar-refractivity contribution in [3.63, 3.8) is 0 Å². The quantitative estimate of drug-likeness (QED) is 0.871. The van der Waals surface area contributed by atoms with Gasteiger partial charge >= 0.3 is 0 Å². The van der Waals surface area contributed by atoms with Crippen LogP contribution in [0.4, 0.5) is 4.39 Å². The van der Waals surface area contributed by atoms with E-state index in [2.05, 4.69) is 30.9 Å². The Balaban J connectivity index is 2.10. The first-order valence-electron chi connectivity index (χ1n) is 4.52. The fourth-order valence-electron chi connectivity index (χ4n) is 1.11. The number of aromatic nitrogens is 2. The number of nitrogens with zero attached hydrogens (tertiary/aromatic N) is 2. The normalized spacial score (nSPS) is 10.4. The molecule has 84 valence electrons. The van der Waals surface area contributed by atoms with Crippen LogP contribution in [0.3, 0.4) is 0 Å². The molecule has 0 amide bonds. The minimum Gasteiger partial charge on any atom is -0.484 e. The Morgan fingerprint density at radius 2 is 2.25 bits per heavy atom. The van der Waals surface area contributed by atoms with Crippen LogP contribution < -0.4 is 4.74 Å². The molecule has 0 bridgehead atoms. The monoisotopic (exact) mass is 286 g/mol. The Morgan fingerprint density at radius 1 is 1.44 bits per heavy atom. The third-order valence-corrected chi connectivity index (χ3v) is 2.50. The van der Waals surface area contributed by atoms with Crippen molar-refractivity contribution in [3.8, 4) is 5.75 Å². The maximum Gasteiger partial charge on any atom is 0.165 e. The van der Waals surface area contributed by atoms with Gasteiger partial charge in [0.2, 0.25) is 0 Å². The number of benzene rings is 1. The highest BCUT2D eigenvalue weighted by Crippen LogP contribution is 2.23. The molecule has 1 aromatic carbocycles. The Morgan fingerprint density at radius 3 is 2.94 bits per heavy atom. The van der Waals surface area contributed by atoms with Gasteiger partial charge in [0.25, 0.3) is 0 Å². The zero-order valence-electron chi connectivity index (χ0n) is 8.41. The van der Waals surface area contributed by atoms with Crippen LogP contribution in [0.1, 0.15) is 11.4 Å². The van der Waals surface area contributed by atoms with Gasteiger partial charge in [0, 0.05) is 4.47 Å². The first-order chi connectivity index (χ1) is 7.66. The second-order valence-corrected chi connectivity index (χ2v) is 4.08. The largest absolute Gasteiger partial charge is 0.484 e. The van der Waals surface area contributed by atoms with Crippen LogP contribution in [0.2, 0.25) is 0 Å². The van der Waals surface area contributed by atoms with Gasteiger partial charge in [0.1, 0.15) is 18.0 Å². The van der Waals surface area contributed by atoms with Gasteiger partial charge in [-0.15, -0.1) is 0 Å². The SMILES string of the molecule is Cc1nonc1COc1cc(Br)ccc1F. The molecule has 2 aromatic rings. The average Bonchev–Trinajstić information content (AvgIpc) is 2.66. The minimum atomic E-state index is -0.419. The maximum absolute atomic E-state index is 13.3. The first-order valence-corrected chi connectivity index (χ1v) is 5.32. The molecule has 16 heavy (non-hydrogen) atoms. The highest BCUT2D eigenvalue weighted by atomic mass is 79.9. The van der Waals surface area contributed by atoms with Crippen LogP contribution in [0, 0.1) is 12.7 Å². The Kier molecular flexibility index (Phi) is 3.19. The van der Waals surface area contributed by atoms with Crippen molar-refractivity contribution >= 4 is 15.9 Å². The molecule has 0 aliphatic carbocycles. The number of halogens is 2. The van der Waals surface area contributed by atoms with E-state index in [9.17, 15) is 4.39 Å². The lowest BCUT2D eigenvalue weighted by atomic mass is 10.3. The third-order valence-electron chi connectivity index (χ3n) is 2.00. The van der Waals surface area contributed by atoms with E-state index in [0.717, 1.165) is 4.47 Å². The second-order valence-electron chi connectivity index (χ2n) is 3.16. The highest BCUT2D eigenvalue weighted by Gasteiger charge is 2.08. The summed E-state index contributed by atoms with van der Waals surface area (Å²) in [6.45, 7) is 1.87. The van der Waals surface area contributed by atoms with Crippen LogP contribution in [-0.2, 0) is 6.61 Å². The first kappa shape index (κ1) is 11.1. The third kappa shape index (κ3) is 2.38. The number of hydrogen-bond acceptors (Lipinski definition) is 4. The molecule has 2 rings (SSSR count).